The lowest BCUT2D eigenvalue weighted by Crippen LogP contribution is -2.39. The highest BCUT2D eigenvalue weighted by Gasteiger charge is 2.22. The van der Waals surface area contributed by atoms with E-state index in [1.807, 2.05) is 19.1 Å². The highest BCUT2D eigenvalue weighted by Crippen LogP contribution is 2.09. The zero-order chi connectivity index (χ0) is 15.7. The topological polar surface area (TPSA) is 55.4 Å². The fourth-order valence-corrected chi connectivity index (χ4v) is 2.08. The van der Waals surface area contributed by atoms with Gasteiger partial charge in [0.15, 0.2) is 5.78 Å². The van der Waals surface area contributed by atoms with Crippen molar-refractivity contribution < 1.29 is 14.3 Å². The quantitative estimate of drug-likeness (QED) is 0.432. The van der Waals surface area contributed by atoms with Crippen LogP contribution < -0.4 is 5.32 Å². The third-order valence-corrected chi connectivity index (χ3v) is 3.42. The number of carbonyl (C=O) groups is 2. The van der Waals surface area contributed by atoms with Crippen LogP contribution in [0, 0.1) is 6.92 Å². The van der Waals surface area contributed by atoms with Crippen LogP contribution in [-0.4, -0.2) is 31.4 Å². The Balaban J connectivity index is 2.71. The van der Waals surface area contributed by atoms with Crippen molar-refractivity contribution in [3.8, 4) is 0 Å². The molecule has 4 nitrogen and oxygen atoms in total. The maximum Gasteiger partial charge on any atom is 0.307 e. The van der Waals surface area contributed by atoms with Crippen LogP contribution in [0.5, 0.6) is 0 Å². The van der Waals surface area contributed by atoms with E-state index >= 15 is 0 Å². The minimum atomic E-state index is -0.517. The van der Waals surface area contributed by atoms with Gasteiger partial charge in [0.1, 0.15) is 0 Å². The number of hydrogen-bond donors (Lipinski definition) is 1. The molecule has 0 fully saturated rings. The van der Waals surface area contributed by atoms with E-state index in [0.717, 1.165) is 31.4 Å². The molecule has 0 saturated heterocycles. The van der Waals surface area contributed by atoms with Crippen LogP contribution in [0.25, 0.3) is 0 Å². The number of Topliss-reactive ketones (excluding diaryl/α,β-unsaturated/α-hetero) is 1. The highest BCUT2D eigenvalue weighted by molar-refractivity contribution is 6.01. The van der Waals surface area contributed by atoms with Gasteiger partial charge in [-0.15, -0.1) is 0 Å². The minimum absolute atomic E-state index is 0.0584. The van der Waals surface area contributed by atoms with Gasteiger partial charge in [-0.25, -0.2) is 0 Å². The van der Waals surface area contributed by atoms with Gasteiger partial charge < -0.3 is 10.1 Å². The molecule has 0 aliphatic carbocycles. The van der Waals surface area contributed by atoms with Crippen LogP contribution in [0.3, 0.4) is 0 Å². The van der Waals surface area contributed by atoms with Crippen LogP contribution in [0.1, 0.15) is 48.5 Å². The summed E-state index contributed by atoms with van der Waals surface area (Å²) in [6, 6.07) is 6.89. The Hall–Kier alpha value is -1.68. The van der Waals surface area contributed by atoms with E-state index < -0.39 is 6.04 Å². The fraction of sp³-hybridized carbons (Fsp3) is 0.529. The first kappa shape index (κ1) is 17.4. The van der Waals surface area contributed by atoms with Crippen LogP contribution in [-0.2, 0) is 9.53 Å². The second-order valence-electron chi connectivity index (χ2n) is 5.22. The van der Waals surface area contributed by atoms with E-state index in [9.17, 15) is 9.59 Å². The number of ketones is 1. The number of ether oxygens (including phenoxy) is 1. The van der Waals surface area contributed by atoms with E-state index in [-0.39, 0.29) is 18.2 Å². The summed E-state index contributed by atoms with van der Waals surface area (Å²) in [5, 5.41) is 3.18. The number of benzene rings is 1. The van der Waals surface area contributed by atoms with Crippen LogP contribution >= 0.6 is 0 Å². The lowest BCUT2D eigenvalue weighted by Gasteiger charge is -2.16. The molecule has 1 unspecified atom stereocenters. The SMILES string of the molecule is CCCCCNC(CC(=O)OC)C(=O)c1ccc(C)cc1. The van der Waals surface area contributed by atoms with Crippen molar-refractivity contribution in [1.29, 1.82) is 0 Å². The molecule has 0 heterocycles. The average molecular weight is 291 g/mol. The summed E-state index contributed by atoms with van der Waals surface area (Å²) in [7, 11) is 1.34. The van der Waals surface area contributed by atoms with Crippen molar-refractivity contribution in [2.45, 2.75) is 45.6 Å². The summed E-state index contributed by atoms with van der Waals surface area (Å²) in [5.41, 5.74) is 1.73. The molecule has 0 aliphatic heterocycles. The number of nitrogens with one attached hydrogen (secondary N) is 1. The van der Waals surface area contributed by atoms with Gasteiger partial charge in [0.25, 0.3) is 0 Å². The molecule has 4 heteroatoms. The average Bonchev–Trinajstić information content (AvgIpc) is 2.50. The molecular formula is C17H25NO3. The number of carbonyl (C=O) groups excluding carboxylic acids is 2. The second-order valence-corrected chi connectivity index (χ2v) is 5.22. The molecule has 1 aromatic rings. The number of methoxy groups -OCH3 is 1. The summed E-state index contributed by atoms with van der Waals surface area (Å²) in [4.78, 5) is 24.0. The molecule has 1 rings (SSSR count). The largest absolute Gasteiger partial charge is 0.469 e. The first-order chi connectivity index (χ1) is 10.1. The van der Waals surface area contributed by atoms with Gasteiger partial charge in [-0.05, 0) is 19.9 Å². The molecule has 0 amide bonds. The van der Waals surface area contributed by atoms with E-state index in [4.69, 9.17) is 0 Å². The Morgan fingerprint density at radius 1 is 1.19 bits per heavy atom. The third kappa shape index (κ3) is 6.08. The van der Waals surface area contributed by atoms with Crippen molar-refractivity contribution in [3.05, 3.63) is 35.4 Å². The van der Waals surface area contributed by atoms with Crippen molar-refractivity contribution in [2.24, 2.45) is 0 Å². The third-order valence-electron chi connectivity index (χ3n) is 3.42. The number of hydrogen-bond acceptors (Lipinski definition) is 4. The van der Waals surface area contributed by atoms with Crippen molar-refractivity contribution in [1.82, 2.24) is 5.32 Å². The molecule has 1 N–H and O–H groups in total. The number of esters is 1. The van der Waals surface area contributed by atoms with Crippen LogP contribution in [0.4, 0.5) is 0 Å². The van der Waals surface area contributed by atoms with Gasteiger partial charge in [-0.2, -0.15) is 0 Å². The molecule has 1 aromatic carbocycles. The summed E-state index contributed by atoms with van der Waals surface area (Å²) in [6.07, 6.45) is 3.29. The minimum Gasteiger partial charge on any atom is -0.469 e. The van der Waals surface area contributed by atoms with E-state index in [0.29, 0.717) is 5.56 Å². The number of rotatable bonds is 9. The zero-order valence-corrected chi connectivity index (χ0v) is 13.1. The molecule has 0 aromatic heterocycles. The van der Waals surface area contributed by atoms with Gasteiger partial charge in [0.05, 0.1) is 19.6 Å². The summed E-state index contributed by atoms with van der Waals surface area (Å²) in [5.74, 6) is -0.430. The number of unbranched alkanes of at least 4 members (excludes halogenated alkanes) is 2. The molecule has 21 heavy (non-hydrogen) atoms. The highest BCUT2D eigenvalue weighted by atomic mass is 16.5. The van der Waals surface area contributed by atoms with Crippen molar-refractivity contribution in [3.63, 3.8) is 0 Å². The summed E-state index contributed by atoms with van der Waals surface area (Å²) >= 11 is 0. The van der Waals surface area contributed by atoms with Gasteiger partial charge in [0, 0.05) is 5.56 Å². The Morgan fingerprint density at radius 3 is 2.43 bits per heavy atom. The monoisotopic (exact) mass is 291 g/mol. The summed E-state index contributed by atoms with van der Waals surface area (Å²) < 4.78 is 4.68. The molecule has 116 valence electrons. The molecule has 0 aliphatic rings. The van der Waals surface area contributed by atoms with Gasteiger partial charge >= 0.3 is 5.97 Å². The Kier molecular flexibility index (Phi) is 7.69. The fourth-order valence-electron chi connectivity index (χ4n) is 2.08. The predicted octanol–water partition coefficient (Wildman–Crippen LogP) is 2.89. The van der Waals surface area contributed by atoms with Crippen LogP contribution in [0.15, 0.2) is 24.3 Å². The lowest BCUT2D eigenvalue weighted by atomic mass is 10.0. The Labute approximate surface area is 126 Å². The smallest absolute Gasteiger partial charge is 0.307 e. The van der Waals surface area contributed by atoms with E-state index in [1.54, 1.807) is 12.1 Å². The molecule has 0 saturated carbocycles. The van der Waals surface area contributed by atoms with Crippen molar-refractivity contribution >= 4 is 11.8 Å². The lowest BCUT2D eigenvalue weighted by molar-refractivity contribution is -0.140. The van der Waals surface area contributed by atoms with Crippen LogP contribution in [0.2, 0.25) is 0 Å². The molecule has 0 radical (unpaired) electrons. The Morgan fingerprint density at radius 2 is 1.86 bits per heavy atom. The van der Waals surface area contributed by atoms with E-state index in [1.165, 1.54) is 7.11 Å². The predicted molar refractivity (Wildman–Crippen MR) is 83.5 cm³/mol. The standard InChI is InChI=1S/C17H25NO3/c1-4-5-6-11-18-15(12-16(19)21-3)17(20)14-9-7-13(2)8-10-14/h7-10,15,18H,4-6,11-12H2,1-3H3. The molecule has 1 atom stereocenters. The molecular weight excluding hydrogens is 266 g/mol. The maximum atomic E-state index is 12.5. The second kappa shape index (κ2) is 9.29. The zero-order valence-electron chi connectivity index (χ0n) is 13.1. The summed E-state index contributed by atoms with van der Waals surface area (Å²) in [6.45, 7) is 4.83. The van der Waals surface area contributed by atoms with Gasteiger partial charge in [-0.1, -0.05) is 49.6 Å². The van der Waals surface area contributed by atoms with E-state index in [2.05, 4.69) is 17.0 Å². The first-order valence-electron chi connectivity index (χ1n) is 7.49. The normalized spacial score (nSPS) is 12.0. The van der Waals surface area contributed by atoms with Gasteiger partial charge in [0.2, 0.25) is 0 Å². The van der Waals surface area contributed by atoms with Gasteiger partial charge in [-0.3, -0.25) is 9.59 Å². The molecule has 0 bridgehead atoms. The number of aryl methyl sites for hydroxylation is 1. The maximum absolute atomic E-state index is 12.5. The molecule has 0 spiro atoms. The first-order valence-corrected chi connectivity index (χ1v) is 7.49. The Bertz CT molecular complexity index is 454. The van der Waals surface area contributed by atoms with Crippen molar-refractivity contribution in [2.75, 3.05) is 13.7 Å².